The van der Waals surface area contributed by atoms with E-state index in [9.17, 15) is 0 Å². The molecule has 0 nitrogen and oxygen atoms in total. The van der Waals surface area contributed by atoms with Crippen LogP contribution in [0.3, 0.4) is 0 Å². The van der Waals surface area contributed by atoms with Crippen LogP contribution in [-0.2, 0) is 0 Å². The van der Waals surface area contributed by atoms with Crippen molar-refractivity contribution in [1.29, 1.82) is 0 Å². The Morgan fingerprint density at radius 1 is 0.625 bits per heavy atom. The van der Waals surface area contributed by atoms with Gasteiger partial charge in [0.25, 0.3) is 0 Å². The summed E-state index contributed by atoms with van der Waals surface area (Å²) in [7, 11) is 0. The number of hydrogen-bond acceptors (Lipinski definition) is 0. The van der Waals surface area contributed by atoms with Crippen molar-refractivity contribution in [2.45, 2.75) is 90.4 Å². The summed E-state index contributed by atoms with van der Waals surface area (Å²) in [5.74, 6) is 0. The second-order valence-electron chi connectivity index (χ2n) is 5.48. The third kappa shape index (κ3) is 7.96. The van der Waals surface area contributed by atoms with Crippen LogP contribution in [0.15, 0.2) is 11.6 Å². The molecule has 16 heavy (non-hydrogen) atoms. The maximum Gasteiger partial charge on any atom is -0.0323 e. The first-order valence-electron chi connectivity index (χ1n) is 7.55. The predicted molar refractivity (Wildman–Crippen MR) is 73.8 cm³/mol. The van der Waals surface area contributed by atoms with Gasteiger partial charge in [-0.3, -0.25) is 0 Å². The van der Waals surface area contributed by atoms with Crippen molar-refractivity contribution in [3.63, 3.8) is 0 Å². The molecule has 0 unspecified atom stereocenters. The lowest BCUT2D eigenvalue weighted by atomic mass is 10.0. The molecule has 0 atom stereocenters. The zero-order valence-corrected chi connectivity index (χ0v) is 11.3. The Morgan fingerprint density at radius 2 is 1.06 bits per heavy atom. The number of rotatable bonds is 0. The second-order valence-corrected chi connectivity index (χ2v) is 5.48. The van der Waals surface area contributed by atoms with E-state index in [0.29, 0.717) is 0 Å². The van der Waals surface area contributed by atoms with Gasteiger partial charge in [0.15, 0.2) is 0 Å². The molecule has 0 aromatic carbocycles. The summed E-state index contributed by atoms with van der Waals surface area (Å²) in [6, 6.07) is 0. The lowest BCUT2D eigenvalue weighted by Gasteiger charge is -2.02. The molecule has 0 aromatic heterocycles. The molecule has 94 valence electrons. The smallest absolute Gasteiger partial charge is 0.0323 e. The summed E-state index contributed by atoms with van der Waals surface area (Å²) >= 11 is 0. The molecular formula is C16H30. The fourth-order valence-electron chi connectivity index (χ4n) is 2.59. The van der Waals surface area contributed by atoms with Crippen molar-refractivity contribution in [1.82, 2.24) is 0 Å². The van der Waals surface area contributed by atoms with Crippen LogP contribution < -0.4 is 0 Å². The topological polar surface area (TPSA) is 0 Å². The van der Waals surface area contributed by atoms with Gasteiger partial charge >= 0.3 is 0 Å². The number of hydrogen-bond donors (Lipinski definition) is 0. The molecule has 0 aromatic rings. The van der Waals surface area contributed by atoms with E-state index in [1.165, 1.54) is 83.5 Å². The van der Waals surface area contributed by atoms with Gasteiger partial charge < -0.3 is 0 Å². The van der Waals surface area contributed by atoms with Gasteiger partial charge in [-0.25, -0.2) is 0 Å². The van der Waals surface area contributed by atoms with Crippen LogP contribution in [0.25, 0.3) is 0 Å². The van der Waals surface area contributed by atoms with E-state index in [1.807, 2.05) is 0 Å². The first-order valence-corrected chi connectivity index (χ1v) is 7.55. The van der Waals surface area contributed by atoms with E-state index < -0.39 is 0 Å². The first-order chi connectivity index (χ1) is 7.89. The lowest BCUT2D eigenvalue weighted by molar-refractivity contribution is 0.549. The molecule has 0 spiro atoms. The standard InChI is InChI=1S/C16H30/c1-16-14-12-10-8-6-4-2-3-5-7-9-11-13-15-16/h14H,2-13,15H2,1H3/b16-14+. The molecule has 0 aliphatic heterocycles. The monoisotopic (exact) mass is 222 g/mol. The molecule has 1 aliphatic rings. The van der Waals surface area contributed by atoms with Gasteiger partial charge in [-0.1, -0.05) is 69.4 Å². The van der Waals surface area contributed by atoms with Crippen molar-refractivity contribution < 1.29 is 0 Å². The van der Waals surface area contributed by atoms with Crippen molar-refractivity contribution in [3.8, 4) is 0 Å². The summed E-state index contributed by atoms with van der Waals surface area (Å²) in [5, 5.41) is 0. The minimum Gasteiger partial charge on any atom is -0.0856 e. The van der Waals surface area contributed by atoms with Gasteiger partial charge in [-0.05, 0) is 32.6 Å². The van der Waals surface area contributed by atoms with Crippen LogP contribution in [0.5, 0.6) is 0 Å². The maximum atomic E-state index is 2.49. The first kappa shape index (κ1) is 13.8. The van der Waals surface area contributed by atoms with E-state index in [2.05, 4.69) is 13.0 Å². The van der Waals surface area contributed by atoms with Gasteiger partial charge in [-0.2, -0.15) is 0 Å². The van der Waals surface area contributed by atoms with Crippen molar-refractivity contribution >= 4 is 0 Å². The molecule has 1 rings (SSSR count). The highest BCUT2D eigenvalue weighted by molar-refractivity contribution is 4.97. The van der Waals surface area contributed by atoms with Crippen molar-refractivity contribution in [2.75, 3.05) is 0 Å². The largest absolute Gasteiger partial charge is 0.0856 e. The van der Waals surface area contributed by atoms with Crippen LogP contribution >= 0.6 is 0 Å². The van der Waals surface area contributed by atoms with E-state index in [1.54, 1.807) is 5.57 Å². The fraction of sp³-hybridized carbons (Fsp3) is 0.875. The van der Waals surface area contributed by atoms with E-state index >= 15 is 0 Å². The van der Waals surface area contributed by atoms with E-state index in [-0.39, 0.29) is 0 Å². The highest BCUT2D eigenvalue weighted by atomic mass is 14.0. The highest BCUT2D eigenvalue weighted by Gasteiger charge is 1.96. The molecule has 0 heterocycles. The SMILES string of the molecule is C/C1=C\CCCCCCCCCCCCC1. The van der Waals surface area contributed by atoms with Gasteiger partial charge in [0.05, 0.1) is 0 Å². The molecule has 0 fully saturated rings. The van der Waals surface area contributed by atoms with Crippen LogP contribution in [0.4, 0.5) is 0 Å². The van der Waals surface area contributed by atoms with Crippen molar-refractivity contribution in [2.24, 2.45) is 0 Å². The summed E-state index contributed by atoms with van der Waals surface area (Å²) in [5.41, 5.74) is 1.63. The Balaban J connectivity index is 2.19. The minimum absolute atomic E-state index is 1.33. The average Bonchev–Trinajstić information content (AvgIpc) is 2.29. The van der Waals surface area contributed by atoms with Gasteiger partial charge in [-0.15, -0.1) is 0 Å². The molecule has 0 amide bonds. The lowest BCUT2D eigenvalue weighted by Crippen LogP contribution is -1.82. The summed E-state index contributed by atoms with van der Waals surface area (Å²) < 4.78 is 0. The Kier molecular flexibility index (Phi) is 8.57. The summed E-state index contributed by atoms with van der Waals surface area (Å²) in [6.45, 7) is 2.32. The Bertz CT molecular complexity index is 178. The van der Waals surface area contributed by atoms with E-state index in [0.717, 1.165) is 0 Å². The van der Waals surface area contributed by atoms with Crippen LogP contribution in [0.2, 0.25) is 0 Å². The minimum atomic E-state index is 1.33. The Morgan fingerprint density at radius 3 is 1.62 bits per heavy atom. The van der Waals surface area contributed by atoms with E-state index in [4.69, 9.17) is 0 Å². The summed E-state index contributed by atoms with van der Waals surface area (Å²) in [6.07, 6.45) is 21.2. The third-order valence-corrected chi connectivity index (χ3v) is 3.77. The Labute approximate surface area is 103 Å². The second kappa shape index (κ2) is 9.93. The normalized spacial score (nSPS) is 26.2. The maximum absolute atomic E-state index is 2.49. The van der Waals surface area contributed by atoms with Gasteiger partial charge in [0, 0.05) is 0 Å². The van der Waals surface area contributed by atoms with Gasteiger partial charge in [0.2, 0.25) is 0 Å². The third-order valence-electron chi connectivity index (χ3n) is 3.77. The predicted octanol–water partition coefficient (Wildman–Crippen LogP) is 6.02. The zero-order chi connectivity index (χ0) is 11.5. The van der Waals surface area contributed by atoms with Crippen LogP contribution in [0, 0.1) is 0 Å². The zero-order valence-electron chi connectivity index (χ0n) is 11.3. The van der Waals surface area contributed by atoms with Crippen LogP contribution in [0.1, 0.15) is 90.4 Å². The Hall–Kier alpha value is -0.260. The van der Waals surface area contributed by atoms with Crippen LogP contribution in [-0.4, -0.2) is 0 Å². The molecule has 0 heteroatoms. The fourth-order valence-corrected chi connectivity index (χ4v) is 2.59. The molecule has 1 aliphatic carbocycles. The number of allylic oxidation sites excluding steroid dienone is 2. The van der Waals surface area contributed by atoms with Crippen molar-refractivity contribution in [3.05, 3.63) is 11.6 Å². The molecule has 0 radical (unpaired) electrons. The average molecular weight is 222 g/mol. The summed E-state index contributed by atoms with van der Waals surface area (Å²) in [4.78, 5) is 0. The molecule has 0 bridgehead atoms. The van der Waals surface area contributed by atoms with Gasteiger partial charge in [0.1, 0.15) is 0 Å². The molecular weight excluding hydrogens is 192 g/mol. The molecule has 0 saturated carbocycles. The molecule has 0 saturated heterocycles. The molecule has 0 N–H and O–H groups in total. The highest BCUT2D eigenvalue weighted by Crippen LogP contribution is 2.16. The quantitative estimate of drug-likeness (QED) is 0.440.